The molecule has 1 fully saturated rings. The largest absolute Gasteiger partial charge is 0.339 e. The van der Waals surface area contributed by atoms with Crippen LogP contribution in [0.5, 0.6) is 0 Å². The molecule has 0 radical (unpaired) electrons. The lowest BCUT2D eigenvalue weighted by molar-refractivity contribution is 0.0761. The van der Waals surface area contributed by atoms with Gasteiger partial charge in [-0.15, -0.1) is 0 Å². The van der Waals surface area contributed by atoms with Gasteiger partial charge < -0.3 is 9.47 Å². The topological polar surface area (TPSA) is 63.9 Å². The lowest BCUT2D eigenvalue weighted by Crippen LogP contribution is -2.31. The van der Waals surface area contributed by atoms with Crippen molar-refractivity contribution in [3.63, 3.8) is 0 Å². The Kier molecular flexibility index (Phi) is 4.41. The third-order valence-electron chi connectivity index (χ3n) is 4.65. The number of imidazole rings is 1. The van der Waals surface area contributed by atoms with Gasteiger partial charge in [-0.1, -0.05) is 18.9 Å². The van der Waals surface area contributed by atoms with Crippen molar-refractivity contribution >= 4 is 17.1 Å². The van der Waals surface area contributed by atoms with Crippen LogP contribution in [0.25, 0.3) is 11.2 Å². The molecule has 4 rings (SSSR count). The van der Waals surface area contributed by atoms with Crippen molar-refractivity contribution < 1.29 is 4.79 Å². The molecule has 3 aromatic rings. The quantitative estimate of drug-likeness (QED) is 0.738. The van der Waals surface area contributed by atoms with Crippen molar-refractivity contribution in [2.75, 3.05) is 13.1 Å². The summed E-state index contributed by atoms with van der Waals surface area (Å²) in [5, 5.41) is 0. The van der Waals surface area contributed by atoms with E-state index in [1.54, 1.807) is 18.7 Å². The van der Waals surface area contributed by atoms with Gasteiger partial charge in [-0.2, -0.15) is 0 Å². The Balaban J connectivity index is 1.57. The second-order valence-corrected chi connectivity index (χ2v) is 6.47. The van der Waals surface area contributed by atoms with Gasteiger partial charge in [0.25, 0.3) is 5.91 Å². The van der Waals surface area contributed by atoms with Crippen LogP contribution in [0.2, 0.25) is 0 Å². The van der Waals surface area contributed by atoms with Crippen molar-refractivity contribution in [2.24, 2.45) is 0 Å². The molecule has 6 heteroatoms. The maximum atomic E-state index is 12.7. The fraction of sp³-hybridized carbons (Fsp3) is 0.368. The monoisotopic (exact) mass is 335 g/mol. The predicted octanol–water partition coefficient (Wildman–Crippen LogP) is 2.89. The zero-order valence-corrected chi connectivity index (χ0v) is 14.1. The van der Waals surface area contributed by atoms with Gasteiger partial charge in [-0.05, 0) is 31.0 Å². The molecule has 1 amide bonds. The minimum atomic E-state index is 0.0653. The number of hydrogen-bond acceptors (Lipinski definition) is 4. The number of aromatic nitrogens is 4. The average molecular weight is 335 g/mol. The number of hydrogen-bond donors (Lipinski definition) is 0. The van der Waals surface area contributed by atoms with Crippen molar-refractivity contribution in [1.29, 1.82) is 0 Å². The first kappa shape index (κ1) is 15.7. The SMILES string of the molecule is O=C(c1cnc2c(c1)ncn2Cc1ccccn1)N1CCCCCC1. The van der Waals surface area contributed by atoms with Gasteiger partial charge in [0.2, 0.25) is 0 Å². The number of carbonyl (C=O) groups is 1. The summed E-state index contributed by atoms with van der Waals surface area (Å²) in [6.07, 6.45) is 9.79. The van der Waals surface area contributed by atoms with Gasteiger partial charge in [-0.25, -0.2) is 9.97 Å². The van der Waals surface area contributed by atoms with E-state index in [0.717, 1.165) is 42.8 Å². The van der Waals surface area contributed by atoms with Gasteiger partial charge in [0.1, 0.15) is 5.52 Å². The van der Waals surface area contributed by atoms with Crippen LogP contribution < -0.4 is 0 Å². The Morgan fingerprint density at radius 2 is 1.88 bits per heavy atom. The summed E-state index contributed by atoms with van der Waals surface area (Å²) < 4.78 is 1.96. The van der Waals surface area contributed by atoms with Gasteiger partial charge in [0.15, 0.2) is 5.65 Å². The summed E-state index contributed by atoms with van der Waals surface area (Å²) in [4.78, 5) is 27.9. The van der Waals surface area contributed by atoms with Crippen molar-refractivity contribution in [3.05, 3.63) is 54.2 Å². The lowest BCUT2D eigenvalue weighted by atomic mass is 10.2. The van der Waals surface area contributed by atoms with Crippen molar-refractivity contribution in [1.82, 2.24) is 24.4 Å². The molecule has 1 saturated heterocycles. The van der Waals surface area contributed by atoms with Gasteiger partial charge in [-0.3, -0.25) is 9.78 Å². The standard InChI is InChI=1S/C19H21N5O/c25-19(23-9-5-1-2-6-10-23)15-11-17-18(21-12-15)24(14-22-17)13-16-7-3-4-8-20-16/h3-4,7-8,11-12,14H,1-2,5-6,9-10,13H2. The van der Waals surface area contributed by atoms with E-state index in [2.05, 4.69) is 15.0 Å². The maximum absolute atomic E-state index is 12.7. The highest BCUT2D eigenvalue weighted by atomic mass is 16.2. The van der Waals surface area contributed by atoms with E-state index in [4.69, 9.17) is 0 Å². The van der Waals surface area contributed by atoms with Crippen LogP contribution >= 0.6 is 0 Å². The third-order valence-corrected chi connectivity index (χ3v) is 4.65. The zero-order chi connectivity index (χ0) is 17.1. The molecule has 0 saturated carbocycles. The van der Waals surface area contributed by atoms with Crippen LogP contribution in [0.1, 0.15) is 41.7 Å². The number of rotatable bonds is 3. The number of nitrogens with zero attached hydrogens (tertiary/aromatic N) is 5. The molecule has 128 valence electrons. The predicted molar refractivity (Wildman–Crippen MR) is 95.2 cm³/mol. The molecular formula is C19H21N5O. The average Bonchev–Trinajstić information content (AvgIpc) is 2.86. The molecule has 0 atom stereocenters. The van der Waals surface area contributed by atoms with E-state index in [9.17, 15) is 4.79 Å². The molecule has 4 heterocycles. The molecule has 0 N–H and O–H groups in total. The summed E-state index contributed by atoms with van der Waals surface area (Å²) in [5.74, 6) is 0.0653. The van der Waals surface area contributed by atoms with Crippen molar-refractivity contribution in [2.45, 2.75) is 32.2 Å². The first-order valence-electron chi connectivity index (χ1n) is 8.81. The molecule has 1 aliphatic heterocycles. The van der Waals surface area contributed by atoms with E-state index in [1.807, 2.05) is 33.7 Å². The first-order chi connectivity index (χ1) is 12.3. The fourth-order valence-electron chi connectivity index (χ4n) is 3.30. The number of fused-ring (bicyclic) bond motifs is 1. The maximum Gasteiger partial charge on any atom is 0.255 e. The minimum Gasteiger partial charge on any atom is -0.339 e. The number of amides is 1. The molecule has 0 unspecified atom stereocenters. The summed E-state index contributed by atoms with van der Waals surface area (Å²) >= 11 is 0. The summed E-state index contributed by atoms with van der Waals surface area (Å²) in [6.45, 7) is 2.29. The molecular weight excluding hydrogens is 314 g/mol. The third kappa shape index (κ3) is 3.38. The summed E-state index contributed by atoms with van der Waals surface area (Å²) in [5.41, 5.74) is 3.10. The van der Waals surface area contributed by atoms with Crippen LogP contribution in [-0.2, 0) is 6.54 Å². The van der Waals surface area contributed by atoms with Crippen molar-refractivity contribution in [3.8, 4) is 0 Å². The molecule has 6 nitrogen and oxygen atoms in total. The van der Waals surface area contributed by atoms with E-state index in [0.29, 0.717) is 12.1 Å². The smallest absolute Gasteiger partial charge is 0.255 e. The Labute approximate surface area is 146 Å². The Hall–Kier alpha value is -2.76. The summed E-state index contributed by atoms with van der Waals surface area (Å²) in [7, 11) is 0. The minimum absolute atomic E-state index is 0.0653. The van der Waals surface area contributed by atoms with Gasteiger partial charge in [0, 0.05) is 25.5 Å². The first-order valence-corrected chi connectivity index (χ1v) is 8.81. The number of pyridine rings is 2. The van der Waals surface area contributed by atoms with Crippen LogP contribution in [0, 0.1) is 0 Å². The highest BCUT2D eigenvalue weighted by Crippen LogP contribution is 2.17. The second kappa shape index (κ2) is 7.01. The van der Waals surface area contributed by atoms with Gasteiger partial charge in [0.05, 0.1) is 24.1 Å². The fourth-order valence-corrected chi connectivity index (χ4v) is 3.30. The molecule has 1 aliphatic rings. The van der Waals surface area contributed by atoms with E-state index in [-0.39, 0.29) is 5.91 Å². The lowest BCUT2D eigenvalue weighted by Gasteiger charge is -2.20. The zero-order valence-electron chi connectivity index (χ0n) is 14.1. The van der Waals surface area contributed by atoms with E-state index < -0.39 is 0 Å². The molecule has 3 aromatic heterocycles. The molecule has 0 bridgehead atoms. The molecule has 0 aromatic carbocycles. The molecule has 25 heavy (non-hydrogen) atoms. The van der Waals surface area contributed by atoms with Gasteiger partial charge >= 0.3 is 0 Å². The highest BCUT2D eigenvalue weighted by Gasteiger charge is 2.18. The van der Waals surface area contributed by atoms with Crippen LogP contribution in [0.4, 0.5) is 0 Å². The van der Waals surface area contributed by atoms with E-state index in [1.165, 1.54) is 12.8 Å². The Morgan fingerprint density at radius 1 is 1.04 bits per heavy atom. The second-order valence-electron chi connectivity index (χ2n) is 6.47. The van der Waals surface area contributed by atoms with Crippen LogP contribution in [0.3, 0.4) is 0 Å². The molecule has 0 spiro atoms. The number of likely N-dealkylation sites (tertiary alicyclic amines) is 1. The Morgan fingerprint density at radius 3 is 2.64 bits per heavy atom. The number of carbonyl (C=O) groups excluding carboxylic acids is 1. The normalized spacial score (nSPS) is 15.3. The van der Waals surface area contributed by atoms with Crippen LogP contribution in [0.15, 0.2) is 43.0 Å². The Bertz CT molecular complexity index is 866. The molecule has 0 aliphatic carbocycles. The summed E-state index contributed by atoms with van der Waals surface area (Å²) in [6, 6.07) is 7.69. The van der Waals surface area contributed by atoms with E-state index >= 15 is 0 Å². The highest BCUT2D eigenvalue weighted by molar-refractivity contribution is 5.96. The van der Waals surface area contributed by atoms with Crippen LogP contribution in [-0.4, -0.2) is 43.4 Å².